The molecule has 0 atom stereocenters. The number of halogens is 1. The highest BCUT2D eigenvalue weighted by molar-refractivity contribution is 6.35. The summed E-state index contributed by atoms with van der Waals surface area (Å²) in [5.74, 6) is -0.452. The van der Waals surface area contributed by atoms with Gasteiger partial charge in [-0.05, 0) is 0 Å². The van der Waals surface area contributed by atoms with E-state index in [0.29, 0.717) is 38.7 Å². The molecule has 0 unspecified atom stereocenters. The molecular weight excluding hydrogens is 220 g/mol. The molecule has 1 rings (SSSR count). The van der Waals surface area contributed by atoms with E-state index in [1.165, 1.54) is 9.80 Å². The first-order valence-corrected chi connectivity index (χ1v) is 5.38. The van der Waals surface area contributed by atoms with Crippen molar-refractivity contribution in [2.24, 2.45) is 0 Å². The summed E-state index contributed by atoms with van der Waals surface area (Å²) in [5.41, 5.74) is 0. The van der Waals surface area contributed by atoms with E-state index in [1.54, 1.807) is 7.05 Å². The first-order valence-electron chi connectivity index (χ1n) is 4.85. The highest BCUT2D eigenvalue weighted by Crippen LogP contribution is 2.02. The van der Waals surface area contributed by atoms with Crippen LogP contribution in [0.15, 0.2) is 0 Å². The second-order valence-electron chi connectivity index (χ2n) is 3.32. The monoisotopic (exact) mass is 234 g/mol. The lowest BCUT2D eigenvalue weighted by molar-refractivity contribution is -0.155. The van der Waals surface area contributed by atoms with Gasteiger partial charge in [0.2, 0.25) is 0 Å². The maximum atomic E-state index is 11.5. The van der Waals surface area contributed by atoms with Gasteiger partial charge in [0, 0.05) is 32.6 Å². The number of hydrogen-bond acceptors (Lipinski definition) is 3. The van der Waals surface area contributed by atoms with Gasteiger partial charge in [-0.3, -0.25) is 9.59 Å². The molecule has 0 spiro atoms. The van der Waals surface area contributed by atoms with Crippen LogP contribution < -0.4 is 0 Å². The number of carbonyl (C=O) groups excluding carboxylic acids is 2. The summed E-state index contributed by atoms with van der Waals surface area (Å²) in [5, 5.41) is 0. The minimum absolute atomic E-state index is 0.426. The third-order valence-corrected chi connectivity index (χ3v) is 2.40. The van der Waals surface area contributed by atoms with Gasteiger partial charge in [0.15, 0.2) is 0 Å². The van der Waals surface area contributed by atoms with E-state index in [9.17, 15) is 9.59 Å². The zero-order valence-electron chi connectivity index (χ0n) is 8.74. The van der Waals surface area contributed by atoms with Crippen molar-refractivity contribution in [3.05, 3.63) is 0 Å². The molecule has 6 heteroatoms. The van der Waals surface area contributed by atoms with Crippen LogP contribution in [0.3, 0.4) is 0 Å². The molecule has 0 bridgehead atoms. The van der Waals surface area contributed by atoms with Gasteiger partial charge >= 0.3 is 11.8 Å². The summed E-state index contributed by atoms with van der Waals surface area (Å²) >= 11 is 5.43. The Hall–Kier alpha value is -0.810. The van der Waals surface area contributed by atoms with Crippen LogP contribution in [0.5, 0.6) is 0 Å². The van der Waals surface area contributed by atoms with Crippen LogP contribution >= 0.6 is 11.6 Å². The first-order chi connectivity index (χ1) is 7.16. The van der Waals surface area contributed by atoms with Crippen molar-refractivity contribution in [1.82, 2.24) is 9.80 Å². The Kier molecular flexibility index (Phi) is 4.84. The van der Waals surface area contributed by atoms with Crippen LogP contribution in [-0.2, 0) is 14.3 Å². The van der Waals surface area contributed by atoms with Crippen LogP contribution in [0.2, 0.25) is 0 Å². The normalized spacial score (nSPS) is 17.5. The van der Waals surface area contributed by atoms with Crippen molar-refractivity contribution >= 4 is 23.4 Å². The molecule has 1 aliphatic heterocycles. The number of likely N-dealkylation sites (N-methyl/N-ethyl adjacent to an activating group) is 1. The van der Waals surface area contributed by atoms with Crippen molar-refractivity contribution in [1.29, 1.82) is 0 Å². The minimum atomic E-state index is -0.446. The van der Waals surface area contributed by atoms with Crippen LogP contribution in [0.1, 0.15) is 0 Å². The fourth-order valence-corrected chi connectivity index (χ4v) is 1.43. The first kappa shape index (κ1) is 12.3. The summed E-state index contributed by atoms with van der Waals surface area (Å²) in [6.07, 6.45) is 0. The molecule has 0 N–H and O–H groups in total. The second-order valence-corrected chi connectivity index (χ2v) is 3.70. The van der Waals surface area contributed by atoms with E-state index in [1.807, 2.05) is 0 Å². The quantitative estimate of drug-likeness (QED) is 0.368. The highest BCUT2D eigenvalue weighted by Gasteiger charge is 2.29. The maximum absolute atomic E-state index is 11.5. The Labute approximate surface area is 93.9 Å². The van der Waals surface area contributed by atoms with Gasteiger partial charge in [-0.2, -0.15) is 0 Å². The van der Waals surface area contributed by atoms with E-state index in [2.05, 4.69) is 0 Å². The van der Waals surface area contributed by atoms with Crippen molar-refractivity contribution in [3.63, 3.8) is 0 Å². The molecule has 1 fully saturated rings. The Morgan fingerprint density at radius 2 is 2.00 bits per heavy atom. The molecule has 0 aromatic heterocycles. The number of hydrogen-bond donors (Lipinski definition) is 0. The highest BCUT2D eigenvalue weighted by atomic mass is 35.5. The lowest BCUT2D eigenvalue weighted by Gasteiger charge is -2.31. The molecule has 0 aliphatic carbocycles. The number of alkyl halides is 1. The summed E-state index contributed by atoms with van der Waals surface area (Å²) in [6, 6.07) is 0. The SMILES string of the molecule is CN1CCN(CCOCCCl)C(=O)C1=O. The molecule has 1 heterocycles. The topological polar surface area (TPSA) is 49.9 Å². The number of ether oxygens (including phenoxy) is 1. The maximum Gasteiger partial charge on any atom is 0.312 e. The molecule has 1 aliphatic rings. The number of carbonyl (C=O) groups is 2. The average Bonchev–Trinajstić information content (AvgIpc) is 2.24. The van der Waals surface area contributed by atoms with E-state index < -0.39 is 11.8 Å². The average molecular weight is 235 g/mol. The molecule has 5 nitrogen and oxygen atoms in total. The molecule has 2 amide bonds. The van der Waals surface area contributed by atoms with Crippen LogP contribution in [0.25, 0.3) is 0 Å². The van der Waals surface area contributed by atoms with Gasteiger partial charge < -0.3 is 14.5 Å². The van der Waals surface area contributed by atoms with E-state index in [4.69, 9.17) is 16.3 Å². The Bertz CT molecular complexity index is 248. The van der Waals surface area contributed by atoms with Crippen molar-refractivity contribution < 1.29 is 14.3 Å². The fraction of sp³-hybridized carbons (Fsp3) is 0.778. The van der Waals surface area contributed by atoms with E-state index >= 15 is 0 Å². The Morgan fingerprint density at radius 1 is 1.27 bits per heavy atom. The lowest BCUT2D eigenvalue weighted by atomic mass is 10.3. The standard InChI is InChI=1S/C9H15ClN2O3/c1-11-3-4-12(9(14)8(11)13)5-7-15-6-2-10/h2-7H2,1H3. The summed E-state index contributed by atoms with van der Waals surface area (Å²) in [6.45, 7) is 2.51. The molecule has 15 heavy (non-hydrogen) atoms. The third-order valence-electron chi connectivity index (χ3n) is 2.25. The van der Waals surface area contributed by atoms with Gasteiger partial charge in [-0.1, -0.05) is 0 Å². The zero-order chi connectivity index (χ0) is 11.3. The van der Waals surface area contributed by atoms with Gasteiger partial charge in [-0.15, -0.1) is 11.6 Å². The number of piperazine rings is 1. The van der Waals surface area contributed by atoms with Crippen molar-refractivity contribution in [2.45, 2.75) is 0 Å². The molecular formula is C9H15ClN2O3. The third kappa shape index (κ3) is 3.35. The molecule has 0 radical (unpaired) electrons. The zero-order valence-corrected chi connectivity index (χ0v) is 9.50. The number of rotatable bonds is 5. The molecule has 0 saturated carbocycles. The summed E-state index contributed by atoms with van der Waals surface area (Å²) < 4.78 is 5.15. The van der Waals surface area contributed by atoms with Gasteiger partial charge in [0.05, 0.1) is 13.2 Å². The molecule has 0 aromatic rings. The number of amides is 2. The molecule has 0 aromatic carbocycles. The summed E-state index contributed by atoms with van der Waals surface area (Å²) in [4.78, 5) is 25.7. The van der Waals surface area contributed by atoms with Crippen LogP contribution in [0.4, 0.5) is 0 Å². The van der Waals surface area contributed by atoms with E-state index in [-0.39, 0.29) is 0 Å². The largest absolute Gasteiger partial charge is 0.378 e. The Morgan fingerprint density at radius 3 is 2.67 bits per heavy atom. The minimum Gasteiger partial charge on any atom is -0.378 e. The Balaban J connectivity index is 2.30. The van der Waals surface area contributed by atoms with Gasteiger partial charge in [-0.25, -0.2) is 0 Å². The van der Waals surface area contributed by atoms with Gasteiger partial charge in [0.25, 0.3) is 0 Å². The van der Waals surface area contributed by atoms with Gasteiger partial charge in [0.1, 0.15) is 0 Å². The van der Waals surface area contributed by atoms with Crippen molar-refractivity contribution in [2.75, 3.05) is 45.8 Å². The fourth-order valence-electron chi connectivity index (χ4n) is 1.32. The second kappa shape index (κ2) is 5.92. The molecule has 86 valence electrons. The number of nitrogens with zero attached hydrogens (tertiary/aromatic N) is 2. The lowest BCUT2D eigenvalue weighted by Crippen LogP contribution is -2.53. The summed E-state index contributed by atoms with van der Waals surface area (Å²) in [7, 11) is 1.63. The predicted octanol–water partition coefficient (Wildman–Crippen LogP) is -0.458. The van der Waals surface area contributed by atoms with Crippen LogP contribution in [-0.4, -0.2) is 67.4 Å². The van der Waals surface area contributed by atoms with Crippen LogP contribution in [0, 0.1) is 0 Å². The smallest absolute Gasteiger partial charge is 0.312 e. The van der Waals surface area contributed by atoms with E-state index in [0.717, 1.165) is 0 Å². The predicted molar refractivity (Wildman–Crippen MR) is 55.8 cm³/mol. The van der Waals surface area contributed by atoms with Crippen molar-refractivity contribution in [3.8, 4) is 0 Å². The molecule has 1 saturated heterocycles.